The van der Waals surface area contributed by atoms with Crippen LogP contribution >= 0.6 is 0 Å². The predicted molar refractivity (Wildman–Crippen MR) is 63.1 cm³/mol. The van der Waals surface area contributed by atoms with Crippen LogP contribution in [0.5, 0.6) is 5.75 Å². The number of amides is 1. The molecule has 0 bridgehead atoms. The summed E-state index contributed by atoms with van der Waals surface area (Å²) in [5.41, 5.74) is 0.509. The van der Waals surface area contributed by atoms with E-state index in [1.165, 1.54) is 0 Å². The summed E-state index contributed by atoms with van der Waals surface area (Å²) in [7, 11) is 0. The minimum atomic E-state index is 0.0103. The Labute approximate surface area is 100.0 Å². The highest BCUT2D eigenvalue weighted by Crippen LogP contribution is 2.19. The van der Waals surface area contributed by atoms with Gasteiger partial charge in [0, 0.05) is 6.04 Å². The SMILES string of the molecule is O=Cc1ccccc1OCCC(=O)NC1CC1. The first-order chi connectivity index (χ1) is 8.29. The van der Waals surface area contributed by atoms with E-state index in [0.717, 1.165) is 19.1 Å². The normalized spacial score (nSPS) is 14.1. The van der Waals surface area contributed by atoms with Gasteiger partial charge in [0.25, 0.3) is 0 Å². The zero-order chi connectivity index (χ0) is 12.1. The van der Waals surface area contributed by atoms with Crippen LogP contribution in [-0.2, 0) is 4.79 Å². The molecule has 1 aromatic carbocycles. The van der Waals surface area contributed by atoms with Crippen LogP contribution in [0.3, 0.4) is 0 Å². The topological polar surface area (TPSA) is 55.4 Å². The molecule has 1 fully saturated rings. The summed E-state index contributed by atoms with van der Waals surface area (Å²) in [6.45, 7) is 0.295. The van der Waals surface area contributed by atoms with E-state index in [4.69, 9.17) is 4.74 Å². The van der Waals surface area contributed by atoms with Gasteiger partial charge in [-0.2, -0.15) is 0 Å². The van der Waals surface area contributed by atoms with Crippen molar-refractivity contribution in [3.05, 3.63) is 29.8 Å². The lowest BCUT2D eigenvalue weighted by Gasteiger charge is -2.08. The van der Waals surface area contributed by atoms with Gasteiger partial charge in [0.2, 0.25) is 5.91 Å². The van der Waals surface area contributed by atoms with Crippen molar-refractivity contribution in [1.29, 1.82) is 0 Å². The minimum Gasteiger partial charge on any atom is -0.492 e. The molecule has 0 aliphatic heterocycles. The highest BCUT2D eigenvalue weighted by Gasteiger charge is 2.22. The molecule has 0 unspecified atom stereocenters. The Bertz CT molecular complexity index is 413. The number of carbonyl (C=O) groups is 2. The Hall–Kier alpha value is -1.84. The van der Waals surface area contributed by atoms with E-state index in [1.54, 1.807) is 24.3 Å². The summed E-state index contributed by atoms with van der Waals surface area (Å²) in [5, 5.41) is 2.88. The second-order valence-electron chi connectivity index (χ2n) is 4.10. The smallest absolute Gasteiger partial charge is 0.223 e. The number of benzene rings is 1. The summed E-state index contributed by atoms with van der Waals surface area (Å²) < 4.78 is 5.41. The standard InChI is InChI=1S/C13H15NO3/c15-9-10-3-1-2-4-12(10)17-8-7-13(16)14-11-5-6-11/h1-4,9,11H,5-8H2,(H,14,16). The number of rotatable bonds is 6. The van der Waals surface area contributed by atoms with E-state index in [-0.39, 0.29) is 5.91 Å². The molecule has 1 aliphatic carbocycles. The van der Waals surface area contributed by atoms with Gasteiger partial charge < -0.3 is 10.1 Å². The van der Waals surface area contributed by atoms with Gasteiger partial charge in [-0.3, -0.25) is 9.59 Å². The number of carbonyl (C=O) groups excluding carboxylic acids is 2. The van der Waals surface area contributed by atoms with E-state index >= 15 is 0 Å². The van der Waals surface area contributed by atoms with Gasteiger partial charge in [-0.15, -0.1) is 0 Å². The number of hydrogen-bond acceptors (Lipinski definition) is 3. The van der Waals surface area contributed by atoms with E-state index < -0.39 is 0 Å². The zero-order valence-electron chi connectivity index (χ0n) is 9.52. The molecule has 4 heteroatoms. The molecule has 0 radical (unpaired) electrons. The maximum absolute atomic E-state index is 11.4. The molecule has 2 rings (SSSR count). The number of aldehydes is 1. The van der Waals surface area contributed by atoms with Crippen LogP contribution in [0.1, 0.15) is 29.6 Å². The fraction of sp³-hybridized carbons (Fsp3) is 0.385. The number of nitrogens with one attached hydrogen (secondary N) is 1. The van der Waals surface area contributed by atoms with Crippen LogP contribution in [0.4, 0.5) is 0 Å². The minimum absolute atomic E-state index is 0.0103. The van der Waals surface area contributed by atoms with Crippen LogP contribution in [-0.4, -0.2) is 24.8 Å². The molecule has 0 heterocycles. The molecule has 1 aromatic rings. The maximum atomic E-state index is 11.4. The van der Waals surface area contributed by atoms with Gasteiger partial charge in [-0.05, 0) is 25.0 Å². The molecule has 0 atom stereocenters. The lowest BCUT2D eigenvalue weighted by Crippen LogP contribution is -2.26. The molecule has 0 aromatic heterocycles. The van der Waals surface area contributed by atoms with Gasteiger partial charge in [0.15, 0.2) is 6.29 Å². The van der Waals surface area contributed by atoms with E-state index in [2.05, 4.69) is 5.32 Å². The molecule has 1 aliphatic rings. The fourth-order valence-corrected chi connectivity index (χ4v) is 1.49. The van der Waals surface area contributed by atoms with Gasteiger partial charge in [0.05, 0.1) is 18.6 Å². The molecule has 1 N–H and O–H groups in total. The van der Waals surface area contributed by atoms with Crippen LogP contribution in [0.25, 0.3) is 0 Å². The van der Waals surface area contributed by atoms with Gasteiger partial charge in [-0.25, -0.2) is 0 Å². The Morgan fingerprint density at radius 2 is 2.18 bits per heavy atom. The predicted octanol–water partition coefficient (Wildman–Crippen LogP) is 1.55. The summed E-state index contributed by atoms with van der Waals surface area (Å²) >= 11 is 0. The highest BCUT2D eigenvalue weighted by atomic mass is 16.5. The van der Waals surface area contributed by atoms with Gasteiger partial charge >= 0.3 is 0 Å². The van der Waals surface area contributed by atoms with E-state index in [1.807, 2.05) is 0 Å². The molecule has 1 saturated carbocycles. The van der Waals surface area contributed by atoms with Crippen molar-refractivity contribution in [2.24, 2.45) is 0 Å². The molecule has 0 spiro atoms. The largest absolute Gasteiger partial charge is 0.492 e. The maximum Gasteiger partial charge on any atom is 0.223 e. The average Bonchev–Trinajstić information content (AvgIpc) is 3.13. The first-order valence-corrected chi connectivity index (χ1v) is 5.76. The van der Waals surface area contributed by atoms with Crippen molar-refractivity contribution in [1.82, 2.24) is 5.32 Å². The van der Waals surface area contributed by atoms with Crippen LogP contribution < -0.4 is 10.1 Å². The lowest BCUT2D eigenvalue weighted by molar-refractivity contribution is -0.121. The Kier molecular flexibility index (Phi) is 3.75. The second-order valence-corrected chi connectivity index (χ2v) is 4.10. The second kappa shape index (κ2) is 5.48. The molecule has 4 nitrogen and oxygen atoms in total. The van der Waals surface area contributed by atoms with Crippen molar-refractivity contribution in [3.63, 3.8) is 0 Å². The average molecular weight is 233 g/mol. The Morgan fingerprint density at radius 1 is 1.41 bits per heavy atom. The van der Waals surface area contributed by atoms with Crippen LogP contribution in [0.15, 0.2) is 24.3 Å². The fourth-order valence-electron chi connectivity index (χ4n) is 1.49. The van der Waals surface area contributed by atoms with Crippen LogP contribution in [0.2, 0.25) is 0 Å². The van der Waals surface area contributed by atoms with E-state index in [9.17, 15) is 9.59 Å². The monoisotopic (exact) mass is 233 g/mol. The molecule has 1 amide bonds. The Balaban J connectivity index is 1.76. The van der Waals surface area contributed by atoms with Crippen molar-refractivity contribution < 1.29 is 14.3 Å². The van der Waals surface area contributed by atoms with Crippen molar-refractivity contribution in [2.45, 2.75) is 25.3 Å². The third-order valence-electron chi connectivity index (χ3n) is 2.58. The van der Waals surface area contributed by atoms with E-state index in [0.29, 0.717) is 30.4 Å². The molecule has 0 saturated heterocycles. The van der Waals surface area contributed by atoms with Crippen LogP contribution in [0, 0.1) is 0 Å². The number of ether oxygens (including phenoxy) is 1. The zero-order valence-corrected chi connectivity index (χ0v) is 9.52. The summed E-state index contributed by atoms with van der Waals surface area (Å²) in [6.07, 6.45) is 3.24. The molecule has 17 heavy (non-hydrogen) atoms. The van der Waals surface area contributed by atoms with Gasteiger partial charge in [-0.1, -0.05) is 12.1 Å². The molecule has 90 valence electrons. The molecular weight excluding hydrogens is 218 g/mol. The summed E-state index contributed by atoms with van der Waals surface area (Å²) in [4.78, 5) is 22.1. The Morgan fingerprint density at radius 3 is 2.88 bits per heavy atom. The summed E-state index contributed by atoms with van der Waals surface area (Å²) in [5.74, 6) is 0.540. The summed E-state index contributed by atoms with van der Waals surface area (Å²) in [6, 6.07) is 7.36. The number of hydrogen-bond donors (Lipinski definition) is 1. The van der Waals surface area contributed by atoms with Crippen molar-refractivity contribution in [2.75, 3.05) is 6.61 Å². The highest BCUT2D eigenvalue weighted by molar-refractivity contribution is 5.79. The molecular formula is C13H15NO3. The first-order valence-electron chi connectivity index (χ1n) is 5.76. The first kappa shape index (κ1) is 11.6. The lowest BCUT2D eigenvalue weighted by atomic mass is 10.2. The van der Waals surface area contributed by atoms with Gasteiger partial charge in [0.1, 0.15) is 5.75 Å². The third kappa shape index (κ3) is 3.59. The van der Waals surface area contributed by atoms with Crippen molar-refractivity contribution in [3.8, 4) is 5.75 Å². The third-order valence-corrected chi connectivity index (χ3v) is 2.58. The quantitative estimate of drug-likeness (QED) is 0.758. The van der Waals surface area contributed by atoms with Crippen molar-refractivity contribution >= 4 is 12.2 Å². The number of para-hydroxylation sites is 1.